The van der Waals surface area contributed by atoms with Crippen LogP contribution in [-0.4, -0.2) is 34.4 Å². The molecule has 1 fully saturated rings. The number of rotatable bonds is 5. The van der Waals surface area contributed by atoms with E-state index in [-0.39, 0.29) is 16.4 Å². The van der Waals surface area contributed by atoms with Gasteiger partial charge < -0.3 is 0 Å². The van der Waals surface area contributed by atoms with E-state index in [1.54, 1.807) is 54.6 Å². The number of sulfone groups is 1. The molecular formula is C18H21NO4S2. The molecule has 0 saturated carbocycles. The lowest BCUT2D eigenvalue weighted by Gasteiger charge is -2.29. The van der Waals surface area contributed by atoms with Crippen LogP contribution in [0, 0.1) is 0 Å². The number of benzene rings is 2. The Morgan fingerprint density at radius 2 is 1.68 bits per heavy atom. The molecular weight excluding hydrogens is 358 g/mol. The fourth-order valence-corrected chi connectivity index (χ4v) is 6.56. The van der Waals surface area contributed by atoms with Crippen molar-refractivity contribution in [3.8, 4) is 0 Å². The van der Waals surface area contributed by atoms with Crippen molar-refractivity contribution in [3.63, 3.8) is 0 Å². The molecule has 0 amide bonds. The molecule has 0 N–H and O–H groups in total. The Morgan fingerprint density at radius 1 is 1.04 bits per heavy atom. The van der Waals surface area contributed by atoms with Gasteiger partial charge in [0.25, 0.3) is 10.0 Å². The molecule has 2 aromatic rings. The fraction of sp³-hybridized carbons (Fsp3) is 0.333. The predicted molar refractivity (Wildman–Crippen MR) is 99.0 cm³/mol. The number of nitrogens with zero attached hydrogens (tertiary/aromatic N) is 1. The molecule has 0 radical (unpaired) electrons. The minimum atomic E-state index is -3.84. The molecule has 1 heterocycles. The molecule has 1 aliphatic heterocycles. The average molecular weight is 380 g/mol. The second-order valence-corrected chi connectivity index (χ2v) is 10.2. The van der Waals surface area contributed by atoms with Gasteiger partial charge in [-0.05, 0) is 42.7 Å². The lowest BCUT2D eigenvalue weighted by Crippen LogP contribution is -2.41. The maximum Gasteiger partial charge on any atom is 0.264 e. The fourth-order valence-electron chi connectivity index (χ4n) is 3.09. The summed E-state index contributed by atoms with van der Waals surface area (Å²) < 4.78 is 51.6. The first kappa shape index (κ1) is 17.9. The van der Waals surface area contributed by atoms with Crippen LogP contribution in [0.25, 0.3) is 0 Å². The van der Waals surface area contributed by atoms with Gasteiger partial charge in [-0.15, -0.1) is 0 Å². The van der Waals surface area contributed by atoms with Crippen LogP contribution in [0.5, 0.6) is 0 Å². The van der Waals surface area contributed by atoms with Crippen molar-refractivity contribution in [2.45, 2.75) is 30.7 Å². The Labute approximate surface area is 149 Å². The van der Waals surface area contributed by atoms with E-state index in [4.69, 9.17) is 0 Å². The van der Waals surface area contributed by atoms with E-state index in [9.17, 15) is 16.8 Å². The largest absolute Gasteiger partial charge is 0.264 e. The summed E-state index contributed by atoms with van der Waals surface area (Å²) in [6.07, 6.45) is 1.13. The van der Waals surface area contributed by atoms with Crippen molar-refractivity contribution in [2.75, 3.05) is 15.8 Å². The van der Waals surface area contributed by atoms with Gasteiger partial charge in [0, 0.05) is 0 Å². The molecule has 0 aliphatic carbocycles. The zero-order chi connectivity index (χ0) is 18.1. The Morgan fingerprint density at radius 3 is 2.20 bits per heavy atom. The van der Waals surface area contributed by atoms with Crippen molar-refractivity contribution < 1.29 is 16.8 Å². The van der Waals surface area contributed by atoms with Crippen LogP contribution in [-0.2, 0) is 26.3 Å². The molecule has 0 aromatic heterocycles. The summed E-state index contributed by atoms with van der Waals surface area (Å²) >= 11 is 0. The zero-order valence-electron chi connectivity index (χ0n) is 14.0. The molecule has 1 aliphatic rings. The zero-order valence-corrected chi connectivity index (χ0v) is 15.6. The van der Waals surface area contributed by atoms with Crippen LogP contribution in [0.2, 0.25) is 0 Å². The van der Waals surface area contributed by atoms with Crippen LogP contribution in [0.1, 0.15) is 18.9 Å². The topological polar surface area (TPSA) is 71.5 Å². The van der Waals surface area contributed by atoms with E-state index in [1.165, 1.54) is 4.31 Å². The van der Waals surface area contributed by atoms with Crippen LogP contribution < -0.4 is 4.31 Å². The second kappa shape index (κ2) is 6.80. The van der Waals surface area contributed by atoms with Gasteiger partial charge in [-0.25, -0.2) is 16.8 Å². The van der Waals surface area contributed by atoms with Gasteiger partial charge in [0.2, 0.25) is 0 Å². The number of aryl methyl sites for hydroxylation is 1. The second-order valence-electron chi connectivity index (χ2n) is 6.19. The van der Waals surface area contributed by atoms with Gasteiger partial charge in [-0.1, -0.05) is 37.3 Å². The summed E-state index contributed by atoms with van der Waals surface area (Å²) in [6.45, 7) is 2.00. The number of sulfonamides is 1. The van der Waals surface area contributed by atoms with Crippen molar-refractivity contribution in [1.29, 1.82) is 0 Å². The van der Waals surface area contributed by atoms with Gasteiger partial charge in [0.15, 0.2) is 9.84 Å². The van der Waals surface area contributed by atoms with Crippen LogP contribution >= 0.6 is 0 Å². The van der Waals surface area contributed by atoms with Gasteiger partial charge in [-0.3, -0.25) is 4.31 Å². The van der Waals surface area contributed by atoms with Gasteiger partial charge in [0.1, 0.15) is 0 Å². The van der Waals surface area contributed by atoms with E-state index < -0.39 is 25.9 Å². The SMILES string of the molecule is CCc1ccc(S(=O)(=O)N(c2ccccc2)[C@@H]2CCS(=O)(=O)C2)cc1. The normalized spacial score (nSPS) is 19.6. The number of anilines is 1. The summed E-state index contributed by atoms with van der Waals surface area (Å²) in [6, 6.07) is 14.9. The lowest BCUT2D eigenvalue weighted by atomic mass is 10.2. The van der Waals surface area contributed by atoms with Crippen LogP contribution in [0.3, 0.4) is 0 Å². The maximum atomic E-state index is 13.3. The monoisotopic (exact) mass is 379 g/mol. The van der Waals surface area contributed by atoms with E-state index in [2.05, 4.69) is 0 Å². The van der Waals surface area contributed by atoms with Crippen molar-refractivity contribution in [2.24, 2.45) is 0 Å². The predicted octanol–water partition coefficient (Wildman–Crippen LogP) is 2.63. The summed E-state index contributed by atoms with van der Waals surface area (Å²) in [7, 11) is -7.05. The summed E-state index contributed by atoms with van der Waals surface area (Å²) in [5, 5.41) is 0. The molecule has 0 unspecified atom stereocenters. The third kappa shape index (κ3) is 3.72. The smallest absolute Gasteiger partial charge is 0.262 e. The molecule has 0 bridgehead atoms. The Kier molecular flexibility index (Phi) is 4.88. The molecule has 1 saturated heterocycles. The third-order valence-electron chi connectivity index (χ3n) is 4.44. The van der Waals surface area contributed by atoms with Gasteiger partial charge in [-0.2, -0.15) is 0 Å². The minimum Gasteiger partial charge on any atom is -0.262 e. The highest BCUT2D eigenvalue weighted by Gasteiger charge is 2.38. The Bertz CT molecular complexity index is 936. The first-order valence-corrected chi connectivity index (χ1v) is 11.5. The summed E-state index contributed by atoms with van der Waals surface area (Å²) in [5.74, 6) is -0.126. The third-order valence-corrected chi connectivity index (χ3v) is 8.08. The maximum absolute atomic E-state index is 13.3. The quantitative estimate of drug-likeness (QED) is 0.801. The summed E-state index contributed by atoms with van der Waals surface area (Å²) in [5.41, 5.74) is 1.54. The molecule has 3 rings (SSSR count). The van der Waals surface area contributed by atoms with E-state index in [1.807, 2.05) is 6.92 Å². The highest BCUT2D eigenvalue weighted by Crippen LogP contribution is 2.30. The van der Waals surface area contributed by atoms with E-state index in [0.29, 0.717) is 12.1 Å². The number of para-hydroxylation sites is 1. The first-order valence-electron chi connectivity index (χ1n) is 8.22. The minimum absolute atomic E-state index is 0.0191. The Balaban J connectivity index is 2.07. The van der Waals surface area contributed by atoms with Crippen LogP contribution in [0.4, 0.5) is 5.69 Å². The molecule has 2 aromatic carbocycles. The highest BCUT2D eigenvalue weighted by atomic mass is 32.2. The molecule has 134 valence electrons. The van der Waals surface area contributed by atoms with Crippen molar-refractivity contribution in [1.82, 2.24) is 0 Å². The molecule has 0 spiro atoms. The number of hydrogen-bond acceptors (Lipinski definition) is 4. The van der Waals surface area contributed by atoms with E-state index >= 15 is 0 Å². The standard InChI is InChI=1S/C18H21NO4S2/c1-2-15-8-10-18(11-9-15)25(22,23)19(16-6-4-3-5-7-16)17-12-13-24(20,21)14-17/h3-11,17H,2,12-14H2,1H3/t17-/m1/s1. The summed E-state index contributed by atoms with van der Waals surface area (Å²) in [4.78, 5) is 0.179. The Hall–Kier alpha value is -1.86. The highest BCUT2D eigenvalue weighted by molar-refractivity contribution is 7.93. The lowest BCUT2D eigenvalue weighted by molar-refractivity contribution is 0.580. The number of hydrogen-bond donors (Lipinski definition) is 0. The average Bonchev–Trinajstić information content (AvgIpc) is 2.95. The molecule has 1 atom stereocenters. The van der Waals surface area contributed by atoms with Gasteiger partial charge in [0.05, 0.1) is 28.1 Å². The van der Waals surface area contributed by atoms with E-state index in [0.717, 1.165) is 12.0 Å². The molecule has 5 nitrogen and oxygen atoms in total. The molecule has 7 heteroatoms. The first-order chi connectivity index (χ1) is 11.8. The van der Waals surface area contributed by atoms with Gasteiger partial charge >= 0.3 is 0 Å². The van der Waals surface area contributed by atoms with Crippen LogP contribution in [0.15, 0.2) is 59.5 Å². The molecule has 25 heavy (non-hydrogen) atoms. The van der Waals surface area contributed by atoms with Crippen molar-refractivity contribution in [3.05, 3.63) is 60.2 Å². The van der Waals surface area contributed by atoms with Crippen molar-refractivity contribution >= 4 is 25.5 Å².